The lowest BCUT2D eigenvalue weighted by Crippen LogP contribution is -2.46. The van der Waals surface area contributed by atoms with Crippen molar-refractivity contribution in [2.45, 2.75) is 37.4 Å². The largest absolute Gasteiger partial charge is 0.450 e. The van der Waals surface area contributed by atoms with Gasteiger partial charge in [0.05, 0.1) is 11.6 Å². The highest BCUT2D eigenvalue weighted by Crippen LogP contribution is 2.33. The Balaban J connectivity index is 1.61. The van der Waals surface area contributed by atoms with Crippen LogP contribution in [0.2, 0.25) is 0 Å². The number of carbonyl (C=O) groups excluding carboxylic acids is 2. The minimum Gasteiger partial charge on any atom is -0.450 e. The predicted molar refractivity (Wildman–Crippen MR) is 94.4 cm³/mol. The molecule has 152 valence electrons. The van der Waals surface area contributed by atoms with Crippen molar-refractivity contribution in [3.05, 3.63) is 47.7 Å². The van der Waals surface area contributed by atoms with Crippen molar-refractivity contribution < 1.29 is 31.9 Å². The van der Waals surface area contributed by atoms with Crippen molar-refractivity contribution in [3.63, 3.8) is 0 Å². The summed E-state index contributed by atoms with van der Waals surface area (Å²) < 4.78 is 48.6. The molecule has 1 aromatic heterocycles. The Kier molecular flexibility index (Phi) is 5.64. The summed E-state index contributed by atoms with van der Waals surface area (Å²) in [5, 5.41) is 11.8. The Hall–Kier alpha value is -3.28. The number of nitrogens with one attached hydrogen (secondary N) is 1. The van der Waals surface area contributed by atoms with E-state index in [9.17, 15) is 28.0 Å². The molecular weight excluding hydrogens is 389 g/mol. The standard InChI is InChI=1S/C20H17F3N2O4/c21-20(22,23)14-5-3-4-13(10-14)15-6-7-16(29-15)18(27)28-11-17(26)25-19(12-24)8-1-2-9-19/h3-7,10H,1-2,8-9,11H2,(H,25,26). The number of halogens is 3. The van der Waals surface area contributed by atoms with Crippen molar-refractivity contribution in [2.75, 3.05) is 6.61 Å². The van der Waals surface area contributed by atoms with Crippen LogP contribution in [0.25, 0.3) is 11.3 Å². The zero-order valence-electron chi connectivity index (χ0n) is 15.2. The van der Waals surface area contributed by atoms with E-state index in [4.69, 9.17) is 9.15 Å². The van der Waals surface area contributed by atoms with Crippen LogP contribution in [0.15, 0.2) is 40.8 Å². The van der Waals surface area contributed by atoms with Gasteiger partial charge in [0.25, 0.3) is 5.91 Å². The van der Waals surface area contributed by atoms with Crippen LogP contribution in [0, 0.1) is 11.3 Å². The number of benzene rings is 1. The van der Waals surface area contributed by atoms with Gasteiger partial charge in [0.2, 0.25) is 5.76 Å². The van der Waals surface area contributed by atoms with Crippen molar-refractivity contribution >= 4 is 11.9 Å². The van der Waals surface area contributed by atoms with Crippen LogP contribution >= 0.6 is 0 Å². The van der Waals surface area contributed by atoms with Crippen molar-refractivity contribution in [3.8, 4) is 17.4 Å². The van der Waals surface area contributed by atoms with Gasteiger partial charge in [0, 0.05) is 5.56 Å². The summed E-state index contributed by atoms with van der Waals surface area (Å²) in [6.45, 7) is -0.595. The van der Waals surface area contributed by atoms with Crippen molar-refractivity contribution in [2.24, 2.45) is 0 Å². The topological polar surface area (TPSA) is 92.3 Å². The third kappa shape index (κ3) is 4.77. The highest BCUT2D eigenvalue weighted by Gasteiger charge is 2.35. The van der Waals surface area contributed by atoms with Crippen LogP contribution < -0.4 is 5.32 Å². The van der Waals surface area contributed by atoms with Crippen LogP contribution in [0.1, 0.15) is 41.8 Å². The average Bonchev–Trinajstić information content (AvgIpc) is 3.36. The van der Waals surface area contributed by atoms with Crippen LogP contribution in [0.4, 0.5) is 13.2 Å². The number of alkyl halides is 3. The molecule has 0 radical (unpaired) electrons. The van der Waals surface area contributed by atoms with Gasteiger partial charge in [-0.3, -0.25) is 4.79 Å². The number of hydrogen-bond acceptors (Lipinski definition) is 5. The Morgan fingerprint density at radius 1 is 1.21 bits per heavy atom. The Bertz CT molecular complexity index is 953. The third-order valence-electron chi connectivity index (χ3n) is 4.67. The monoisotopic (exact) mass is 406 g/mol. The first-order chi connectivity index (χ1) is 13.7. The summed E-state index contributed by atoms with van der Waals surface area (Å²) in [5.74, 6) is -1.73. The van der Waals surface area contributed by atoms with Crippen LogP contribution in [0.5, 0.6) is 0 Å². The lowest BCUT2D eigenvalue weighted by molar-refractivity contribution is -0.137. The maximum absolute atomic E-state index is 12.8. The van der Waals surface area contributed by atoms with Gasteiger partial charge in [-0.15, -0.1) is 0 Å². The van der Waals surface area contributed by atoms with Gasteiger partial charge >= 0.3 is 12.1 Å². The van der Waals surface area contributed by atoms with Gasteiger partial charge in [-0.2, -0.15) is 18.4 Å². The molecule has 0 bridgehead atoms. The number of rotatable bonds is 5. The quantitative estimate of drug-likeness (QED) is 0.756. The molecule has 0 unspecified atom stereocenters. The Labute approximate surface area is 164 Å². The summed E-state index contributed by atoms with van der Waals surface area (Å²) in [6.07, 6.45) is -1.75. The van der Waals surface area contributed by atoms with Crippen LogP contribution in [-0.4, -0.2) is 24.0 Å². The Morgan fingerprint density at radius 2 is 1.93 bits per heavy atom. The van der Waals surface area contributed by atoms with Crippen LogP contribution in [0.3, 0.4) is 0 Å². The molecule has 1 saturated carbocycles. The first-order valence-electron chi connectivity index (χ1n) is 8.89. The minimum atomic E-state index is -4.50. The van der Waals surface area contributed by atoms with Crippen LogP contribution in [-0.2, 0) is 15.7 Å². The van der Waals surface area contributed by atoms with E-state index >= 15 is 0 Å². The number of ether oxygens (including phenoxy) is 1. The van der Waals surface area contributed by atoms with E-state index < -0.39 is 35.8 Å². The van der Waals surface area contributed by atoms with Gasteiger partial charge in [-0.05, 0) is 49.9 Å². The molecule has 2 aromatic rings. The van der Waals surface area contributed by atoms with E-state index in [0.717, 1.165) is 25.0 Å². The zero-order valence-corrected chi connectivity index (χ0v) is 15.2. The number of furan rings is 1. The second-order valence-electron chi connectivity index (χ2n) is 6.77. The maximum atomic E-state index is 12.8. The lowest BCUT2D eigenvalue weighted by Gasteiger charge is -2.21. The van der Waals surface area contributed by atoms with Gasteiger partial charge in [0.1, 0.15) is 11.3 Å². The smallest absolute Gasteiger partial charge is 0.416 e. The summed E-state index contributed by atoms with van der Waals surface area (Å²) >= 11 is 0. The fourth-order valence-corrected chi connectivity index (χ4v) is 3.20. The van der Waals surface area contributed by atoms with Gasteiger partial charge < -0.3 is 14.5 Å². The zero-order chi connectivity index (χ0) is 21.1. The minimum absolute atomic E-state index is 0.0573. The van der Waals surface area contributed by atoms with Gasteiger partial charge in [0.15, 0.2) is 6.61 Å². The molecule has 9 heteroatoms. The molecule has 29 heavy (non-hydrogen) atoms. The number of amides is 1. The number of esters is 1. The summed E-state index contributed by atoms with van der Waals surface area (Å²) in [7, 11) is 0. The van der Waals surface area contributed by atoms with Gasteiger partial charge in [-0.1, -0.05) is 12.1 Å². The maximum Gasteiger partial charge on any atom is 0.416 e. The number of hydrogen-bond donors (Lipinski definition) is 1. The lowest BCUT2D eigenvalue weighted by atomic mass is 10.00. The van der Waals surface area contributed by atoms with Crippen molar-refractivity contribution in [1.29, 1.82) is 5.26 Å². The van der Waals surface area contributed by atoms with Crippen molar-refractivity contribution in [1.82, 2.24) is 5.32 Å². The molecule has 1 amide bonds. The van der Waals surface area contributed by atoms with Gasteiger partial charge in [-0.25, -0.2) is 4.79 Å². The number of nitriles is 1. The molecule has 0 atom stereocenters. The van der Waals surface area contributed by atoms with E-state index in [1.165, 1.54) is 24.3 Å². The third-order valence-corrected chi connectivity index (χ3v) is 4.67. The molecule has 1 aromatic carbocycles. The highest BCUT2D eigenvalue weighted by molar-refractivity contribution is 5.89. The number of carbonyl (C=O) groups is 2. The Morgan fingerprint density at radius 3 is 2.59 bits per heavy atom. The summed E-state index contributed by atoms with van der Waals surface area (Å²) in [4.78, 5) is 24.0. The molecule has 1 aliphatic rings. The molecule has 0 aliphatic heterocycles. The molecule has 0 saturated heterocycles. The molecule has 6 nitrogen and oxygen atoms in total. The first-order valence-corrected chi connectivity index (χ1v) is 8.89. The van der Waals surface area contributed by atoms with E-state index in [1.54, 1.807) is 0 Å². The molecule has 1 aliphatic carbocycles. The van der Waals surface area contributed by atoms with E-state index in [1.807, 2.05) is 0 Å². The summed E-state index contributed by atoms with van der Waals surface area (Å²) in [5.41, 5.74) is -1.62. The van der Waals surface area contributed by atoms with E-state index in [-0.39, 0.29) is 17.1 Å². The highest BCUT2D eigenvalue weighted by atomic mass is 19.4. The fourth-order valence-electron chi connectivity index (χ4n) is 3.20. The normalized spacial score (nSPS) is 15.5. The molecular formula is C20H17F3N2O4. The predicted octanol–water partition coefficient (Wildman–Crippen LogP) is 4.07. The fraction of sp³-hybridized carbons (Fsp3) is 0.350. The summed E-state index contributed by atoms with van der Waals surface area (Å²) in [6, 6.07) is 9.18. The second kappa shape index (κ2) is 7.99. The number of nitrogens with zero attached hydrogens (tertiary/aromatic N) is 1. The second-order valence-corrected chi connectivity index (χ2v) is 6.77. The molecule has 0 spiro atoms. The first kappa shape index (κ1) is 20.5. The molecule has 1 fully saturated rings. The molecule has 1 N–H and O–H groups in total. The average molecular weight is 406 g/mol. The van der Waals surface area contributed by atoms with E-state index in [0.29, 0.717) is 12.8 Å². The van der Waals surface area contributed by atoms with E-state index in [2.05, 4.69) is 11.4 Å². The molecule has 1 heterocycles. The molecule has 3 rings (SSSR count). The SMILES string of the molecule is N#CC1(NC(=O)COC(=O)c2ccc(-c3cccc(C(F)(F)F)c3)o2)CCCC1.